The lowest BCUT2D eigenvalue weighted by Crippen LogP contribution is -2.11. The van der Waals surface area contributed by atoms with Crippen LogP contribution < -0.4 is 0 Å². The molecule has 0 amide bonds. The summed E-state index contributed by atoms with van der Waals surface area (Å²) in [4.78, 5) is 0. The molecule has 1 unspecified atom stereocenters. The number of hydrogen-bond donors (Lipinski definition) is 1. The predicted octanol–water partition coefficient (Wildman–Crippen LogP) is 2.94. The van der Waals surface area contributed by atoms with Crippen LogP contribution in [0.2, 0.25) is 0 Å². The number of ether oxygens (including phenoxy) is 1. The van der Waals surface area contributed by atoms with Crippen molar-refractivity contribution in [3.05, 3.63) is 29.3 Å². The van der Waals surface area contributed by atoms with Gasteiger partial charge in [-0.3, -0.25) is 0 Å². The van der Waals surface area contributed by atoms with Gasteiger partial charge in [-0.1, -0.05) is 12.1 Å². The van der Waals surface area contributed by atoms with Gasteiger partial charge in [-0.25, -0.2) is 0 Å². The van der Waals surface area contributed by atoms with Crippen LogP contribution in [-0.4, -0.2) is 11.7 Å². The number of benzene rings is 1. The van der Waals surface area contributed by atoms with E-state index in [9.17, 15) is 5.11 Å². The maximum Gasteiger partial charge on any atom is 0.121 e. The van der Waals surface area contributed by atoms with E-state index in [2.05, 4.69) is 0 Å². The Hall–Kier alpha value is -1.02. The lowest BCUT2D eigenvalue weighted by Gasteiger charge is -2.23. The standard InChI is InChI=1S/C12H16O2/c1-9-5-6-10(11(13)8-9)12-4-2-3-7-14-12/h5-6,8,12-13H,2-4,7H2,1H3. The molecule has 2 nitrogen and oxygen atoms in total. The zero-order valence-corrected chi connectivity index (χ0v) is 8.49. The van der Waals surface area contributed by atoms with Crippen molar-refractivity contribution in [2.45, 2.75) is 32.3 Å². The van der Waals surface area contributed by atoms with Crippen molar-refractivity contribution in [2.75, 3.05) is 6.61 Å². The van der Waals surface area contributed by atoms with Crippen molar-refractivity contribution in [3.8, 4) is 5.75 Å². The number of aromatic hydroxyl groups is 1. The molecule has 76 valence electrons. The number of phenolic OH excluding ortho intramolecular Hbond substituents is 1. The Morgan fingerprint density at radius 3 is 2.86 bits per heavy atom. The first-order valence-corrected chi connectivity index (χ1v) is 5.18. The highest BCUT2D eigenvalue weighted by molar-refractivity contribution is 5.37. The molecule has 0 bridgehead atoms. The maximum atomic E-state index is 9.76. The molecule has 2 heteroatoms. The Morgan fingerprint density at radius 1 is 1.36 bits per heavy atom. The zero-order valence-electron chi connectivity index (χ0n) is 8.49. The fourth-order valence-electron chi connectivity index (χ4n) is 1.91. The third-order valence-electron chi connectivity index (χ3n) is 2.71. The smallest absolute Gasteiger partial charge is 0.121 e. The first kappa shape index (κ1) is 9.53. The van der Waals surface area contributed by atoms with Gasteiger partial charge in [0.15, 0.2) is 0 Å². The summed E-state index contributed by atoms with van der Waals surface area (Å²) < 4.78 is 5.62. The fraction of sp³-hybridized carbons (Fsp3) is 0.500. The van der Waals surface area contributed by atoms with Gasteiger partial charge in [-0.15, -0.1) is 0 Å². The van der Waals surface area contributed by atoms with E-state index in [1.807, 2.05) is 19.1 Å². The largest absolute Gasteiger partial charge is 0.508 e. The molecule has 1 N–H and O–H groups in total. The normalized spacial score (nSPS) is 22.2. The highest BCUT2D eigenvalue weighted by Crippen LogP contribution is 2.33. The highest BCUT2D eigenvalue weighted by Gasteiger charge is 2.18. The van der Waals surface area contributed by atoms with Crippen LogP contribution in [0.4, 0.5) is 0 Å². The quantitative estimate of drug-likeness (QED) is 0.741. The average molecular weight is 192 g/mol. The van der Waals surface area contributed by atoms with Crippen LogP contribution in [0.25, 0.3) is 0 Å². The van der Waals surface area contributed by atoms with Gasteiger partial charge < -0.3 is 9.84 Å². The third-order valence-corrected chi connectivity index (χ3v) is 2.71. The van der Waals surface area contributed by atoms with Crippen LogP contribution in [0.15, 0.2) is 18.2 Å². The van der Waals surface area contributed by atoms with E-state index in [1.54, 1.807) is 6.07 Å². The second-order valence-corrected chi connectivity index (χ2v) is 3.92. The van der Waals surface area contributed by atoms with Gasteiger partial charge in [0.2, 0.25) is 0 Å². The maximum absolute atomic E-state index is 9.76. The molecule has 2 rings (SSSR count). The number of rotatable bonds is 1. The Bertz CT molecular complexity index is 314. The molecule has 0 saturated carbocycles. The SMILES string of the molecule is Cc1ccc(C2CCCCO2)c(O)c1. The van der Waals surface area contributed by atoms with E-state index >= 15 is 0 Å². The summed E-state index contributed by atoms with van der Waals surface area (Å²) in [5, 5.41) is 9.76. The van der Waals surface area contributed by atoms with E-state index in [0.29, 0.717) is 5.75 Å². The summed E-state index contributed by atoms with van der Waals surface area (Å²) in [6.45, 7) is 2.79. The molecular formula is C12H16O2. The monoisotopic (exact) mass is 192 g/mol. The van der Waals surface area contributed by atoms with Crippen molar-refractivity contribution < 1.29 is 9.84 Å². The number of hydrogen-bond acceptors (Lipinski definition) is 2. The minimum absolute atomic E-state index is 0.101. The molecule has 1 aromatic carbocycles. The Labute approximate surface area is 84.5 Å². The minimum Gasteiger partial charge on any atom is -0.508 e. The second-order valence-electron chi connectivity index (χ2n) is 3.92. The van der Waals surface area contributed by atoms with Crippen molar-refractivity contribution in [1.29, 1.82) is 0 Å². The van der Waals surface area contributed by atoms with E-state index < -0.39 is 0 Å². The first-order chi connectivity index (χ1) is 6.77. The van der Waals surface area contributed by atoms with Gasteiger partial charge in [0, 0.05) is 12.2 Å². The van der Waals surface area contributed by atoms with Crippen LogP contribution in [-0.2, 0) is 4.74 Å². The zero-order chi connectivity index (χ0) is 9.97. The van der Waals surface area contributed by atoms with Gasteiger partial charge in [0.25, 0.3) is 0 Å². The molecule has 0 spiro atoms. The van der Waals surface area contributed by atoms with Crippen molar-refractivity contribution in [1.82, 2.24) is 0 Å². The minimum atomic E-state index is 0.101. The molecule has 0 aromatic heterocycles. The number of phenols is 1. The highest BCUT2D eigenvalue weighted by atomic mass is 16.5. The molecule has 1 fully saturated rings. The van der Waals surface area contributed by atoms with Gasteiger partial charge in [0.1, 0.15) is 5.75 Å². The molecular weight excluding hydrogens is 176 g/mol. The van der Waals surface area contributed by atoms with Crippen LogP contribution in [0.5, 0.6) is 5.75 Å². The van der Waals surface area contributed by atoms with Gasteiger partial charge >= 0.3 is 0 Å². The Kier molecular flexibility index (Phi) is 2.73. The van der Waals surface area contributed by atoms with E-state index in [1.165, 1.54) is 6.42 Å². The van der Waals surface area contributed by atoms with Gasteiger partial charge in [0.05, 0.1) is 6.10 Å². The van der Waals surface area contributed by atoms with Crippen LogP contribution in [0.3, 0.4) is 0 Å². The summed E-state index contributed by atoms with van der Waals surface area (Å²) in [7, 11) is 0. The van der Waals surface area contributed by atoms with E-state index in [-0.39, 0.29) is 6.10 Å². The Morgan fingerprint density at radius 2 is 2.21 bits per heavy atom. The molecule has 1 aliphatic rings. The lowest BCUT2D eigenvalue weighted by molar-refractivity contribution is 0.0136. The molecule has 14 heavy (non-hydrogen) atoms. The molecule has 0 aliphatic carbocycles. The lowest BCUT2D eigenvalue weighted by atomic mass is 9.99. The third kappa shape index (κ3) is 1.90. The Balaban J connectivity index is 2.22. The summed E-state index contributed by atoms with van der Waals surface area (Å²) in [6.07, 6.45) is 3.46. The summed E-state index contributed by atoms with van der Waals surface area (Å²) in [5.74, 6) is 0.372. The van der Waals surface area contributed by atoms with Crippen LogP contribution in [0, 0.1) is 6.92 Å². The van der Waals surface area contributed by atoms with Crippen molar-refractivity contribution in [2.24, 2.45) is 0 Å². The molecule has 1 saturated heterocycles. The summed E-state index contributed by atoms with van der Waals surface area (Å²) in [5.41, 5.74) is 2.03. The van der Waals surface area contributed by atoms with Gasteiger partial charge in [-0.2, -0.15) is 0 Å². The molecule has 0 radical (unpaired) electrons. The van der Waals surface area contributed by atoms with Crippen molar-refractivity contribution in [3.63, 3.8) is 0 Å². The fourth-order valence-corrected chi connectivity index (χ4v) is 1.91. The molecule has 1 aromatic rings. The number of aryl methyl sites for hydroxylation is 1. The van der Waals surface area contributed by atoms with Crippen LogP contribution in [0.1, 0.15) is 36.5 Å². The van der Waals surface area contributed by atoms with Crippen molar-refractivity contribution >= 4 is 0 Å². The average Bonchev–Trinajstić information content (AvgIpc) is 2.19. The van der Waals surface area contributed by atoms with E-state index in [0.717, 1.165) is 30.6 Å². The summed E-state index contributed by atoms with van der Waals surface area (Å²) in [6, 6.07) is 5.79. The molecule has 1 aliphatic heterocycles. The van der Waals surface area contributed by atoms with E-state index in [4.69, 9.17) is 4.74 Å². The topological polar surface area (TPSA) is 29.5 Å². The first-order valence-electron chi connectivity index (χ1n) is 5.18. The summed E-state index contributed by atoms with van der Waals surface area (Å²) >= 11 is 0. The second kappa shape index (κ2) is 4.01. The van der Waals surface area contributed by atoms with Gasteiger partial charge in [-0.05, 0) is 37.8 Å². The molecule has 1 atom stereocenters. The predicted molar refractivity (Wildman–Crippen MR) is 55.4 cm³/mol. The molecule has 1 heterocycles. The van der Waals surface area contributed by atoms with Crippen LogP contribution >= 0.6 is 0 Å².